The molecule has 0 aliphatic carbocycles. The highest BCUT2D eigenvalue weighted by Gasteiger charge is 2.11. The summed E-state index contributed by atoms with van der Waals surface area (Å²) in [5.74, 6) is 0.744. The van der Waals surface area contributed by atoms with Crippen LogP contribution in [0.4, 0.5) is 0 Å². The molecule has 4 heteroatoms. The predicted molar refractivity (Wildman–Crippen MR) is 68.0 cm³/mol. The van der Waals surface area contributed by atoms with Gasteiger partial charge in [-0.2, -0.15) is 0 Å². The molecule has 0 saturated carbocycles. The second-order valence-electron chi connectivity index (χ2n) is 4.32. The standard InChI is InChI=1S/C12H19NO2.ClH/c1-8(2)3-6-11(13)10-5-4-9(14)7-12(10)15;/h4-5,7-8,11,14-15H,3,6,13H2,1-2H3;1H/t11-;/m1./s1. The molecule has 0 aromatic heterocycles. The zero-order valence-corrected chi connectivity index (χ0v) is 10.5. The molecule has 0 spiro atoms. The lowest BCUT2D eigenvalue weighted by molar-refractivity contribution is 0.434. The third-order valence-electron chi connectivity index (χ3n) is 2.47. The molecule has 0 saturated heterocycles. The van der Waals surface area contributed by atoms with Gasteiger partial charge in [-0.15, -0.1) is 12.4 Å². The van der Waals surface area contributed by atoms with Crippen LogP contribution in [0.3, 0.4) is 0 Å². The van der Waals surface area contributed by atoms with Crippen molar-refractivity contribution < 1.29 is 10.2 Å². The quantitative estimate of drug-likeness (QED) is 0.764. The van der Waals surface area contributed by atoms with Crippen molar-refractivity contribution in [1.82, 2.24) is 0 Å². The zero-order valence-electron chi connectivity index (χ0n) is 9.68. The van der Waals surface area contributed by atoms with Gasteiger partial charge in [-0.25, -0.2) is 0 Å². The number of halogens is 1. The van der Waals surface area contributed by atoms with Crippen LogP contribution in [-0.4, -0.2) is 10.2 Å². The van der Waals surface area contributed by atoms with Crippen molar-refractivity contribution in [2.45, 2.75) is 32.7 Å². The van der Waals surface area contributed by atoms with Gasteiger partial charge in [0.1, 0.15) is 11.5 Å². The third kappa shape index (κ3) is 4.29. The fourth-order valence-electron chi connectivity index (χ4n) is 1.51. The maximum Gasteiger partial charge on any atom is 0.124 e. The Bertz CT molecular complexity index is 329. The molecule has 0 heterocycles. The molecule has 0 fully saturated rings. The van der Waals surface area contributed by atoms with E-state index in [0.29, 0.717) is 11.5 Å². The Balaban J connectivity index is 0.00000225. The highest BCUT2D eigenvalue weighted by Crippen LogP contribution is 2.29. The Morgan fingerprint density at radius 2 is 1.81 bits per heavy atom. The minimum atomic E-state index is -0.159. The lowest BCUT2D eigenvalue weighted by Crippen LogP contribution is -2.11. The molecule has 4 N–H and O–H groups in total. The van der Waals surface area contributed by atoms with Gasteiger partial charge in [0.05, 0.1) is 0 Å². The Morgan fingerprint density at radius 1 is 1.19 bits per heavy atom. The molecule has 16 heavy (non-hydrogen) atoms. The molecular weight excluding hydrogens is 226 g/mol. The van der Waals surface area contributed by atoms with E-state index in [4.69, 9.17) is 10.8 Å². The first kappa shape index (κ1) is 15.1. The van der Waals surface area contributed by atoms with Crippen LogP contribution < -0.4 is 5.73 Å². The summed E-state index contributed by atoms with van der Waals surface area (Å²) in [7, 11) is 0. The maximum atomic E-state index is 9.59. The summed E-state index contributed by atoms with van der Waals surface area (Å²) in [6.45, 7) is 4.28. The number of hydrogen-bond donors (Lipinski definition) is 3. The van der Waals surface area contributed by atoms with Gasteiger partial charge in [0.25, 0.3) is 0 Å². The smallest absolute Gasteiger partial charge is 0.124 e. The second kappa shape index (κ2) is 6.61. The molecule has 0 aliphatic rings. The lowest BCUT2D eigenvalue weighted by Gasteiger charge is -2.14. The van der Waals surface area contributed by atoms with Gasteiger partial charge in [-0.05, 0) is 24.8 Å². The van der Waals surface area contributed by atoms with Crippen molar-refractivity contribution in [3.05, 3.63) is 23.8 Å². The van der Waals surface area contributed by atoms with Gasteiger partial charge in [0, 0.05) is 17.7 Å². The average Bonchev–Trinajstić information content (AvgIpc) is 2.14. The van der Waals surface area contributed by atoms with E-state index in [1.165, 1.54) is 6.07 Å². The predicted octanol–water partition coefficient (Wildman–Crippen LogP) is 2.96. The van der Waals surface area contributed by atoms with Gasteiger partial charge >= 0.3 is 0 Å². The normalized spacial score (nSPS) is 12.2. The second-order valence-corrected chi connectivity index (χ2v) is 4.32. The topological polar surface area (TPSA) is 66.5 Å². The van der Waals surface area contributed by atoms with E-state index >= 15 is 0 Å². The lowest BCUT2D eigenvalue weighted by atomic mass is 9.97. The van der Waals surface area contributed by atoms with Gasteiger partial charge in [-0.3, -0.25) is 0 Å². The van der Waals surface area contributed by atoms with Crippen molar-refractivity contribution in [2.75, 3.05) is 0 Å². The fraction of sp³-hybridized carbons (Fsp3) is 0.500. The van der Waals surface area contributed by atoms with E-state index in [1.54, 1.807) is 12.1 Å². The van der Waals surface area contributed by atoms with Crippen LogP contribution in [0, 0.1) is 5.92 Å². The van der Waals surface area contributed by atoms with Crippen LogP contribution in [0.2, 0.25) is 0 Å². The SMILES string of the molecule is CC(C)CC[C@@H](N)c1ccc(O)cc1O.Cl. The molecule has 0 bridgehead atoms. The largest absolute Gasteiger partial charge is 0.508 e. The first-order valence-corrected chi connectivity index (χ1v) is 5.28. The van der Waals surface area contributed by atoms with Gasteiger partial charge in [0.15, 0.2) is 0 Å². The first-order chi connectivity index (χ1) is 7.00. The van der Waals surface area contributed by atoms with Crippen LogP contribution in [0.15, 0.2) is 18.2 Å². The molecule has 1 atom stereocenters. The average molecular weight is 246 g/mol. The summed E-state index contributed by atoms with van der Waals surface area (Å²) >= 11 is 0. The summed E-state index contributed by atoms with van der Waals surface area (Å²) in [6, 6.07) is 4.39. The number of nitrogens with two attached hydrogens (primary N) is 1. The van der Waals surface area contributed by atoms with Crippen LogP contribution >= 0.6 is 12.4 Å². The monoisotopic (exact) mass is 245 g/mol. The molecule has 1 aromatic rings. The molecule has 0 amide bonds. The maximum absolute atomic E-state index is 9.59. The highest BCUT2D eigenvalue weighted by molar-refractivity contribution is 5.85. The van der Waals surface area contributed by atoms with E-state index < -0.39 is 0 Å². The van der Waals surface area contributed by atoms with Crippen molar-refractivity contribution in [2.24, 2.45) is 11.7 Å². The number of benzene rings is 1. The van der Waals surface area contributed by atoms with E-state index in [-0.39, 0.29) is 29.9 Å². The van der Waals surface area contributed by atoms with Gasteiger partial charge in [-0.1, -0.05) is 19.9 Å². The third-order valence-corrected chi connectivity index (χ3v) is 2.47. The summed E-state index contributed by atoms with van der Waals surface area (Å²) in [6.07, 6.45) is 1.87. The Labute approximate surface area is 103 Å². The van der Waals surface area contributed by atoms with Crippen LogP contribution in [0.5, 0.6) is 11.5 Å². The number of rotatable bonds is 4. The Morgan fingerprint density at radius 3 is 2.31 bits per heavy atom. The molecule has 0 aliphatic heterocycles. The van der Waals surface area contributed by atoms with Gasteiger partial charge in [0.2, 0.25) is 0 Å². The minimum absolute atomic E-state index is 0. The number of hydrogen-bond acceptors (Lipinski definition) is 3. The Kier molecular flexibility index (Phi) is 6.22. The summed E-state index contributed by atoms with van der Waals surface area (Å²) in [5.41, 5.74) is 6.65. The van der Waals surface area contributed by atoms with Crippen molar-refractivity contribution in [3.8, 4) is 11.5 Å². The molecule has 3 nitrogen and oxygen atoms in total. The van der Waals surface area contributed by atoms with Crippen molar-refractivity contribution in [3.63, 3.8) is 0 Å². The van der Waals surface area contributed by atoms with E-state index in [0.717, 1.165) is 12.8 Å². The molecule has 0 unspecified atom stereocenters. The van der Waals surface area contributed by atoms with E-state index in [9.17, 15) is 5.11 Å². The molecule has 92 valence electrons. The van der Waals surface area contributed by atoms with Crippen LogP contribution in [-0.2, 0) is 0 Å². The number of aromatic hydroxyl groups is 2. The Hall–Kier alpha value is -0.930. The van der Waals surface area contributed by atoms with Gasteiger partial charge < -0.3 is 15.9 Å². The summed E-state index contributed by atoms with van der Waals surface area (Å²) in [5, 5.41) is 18.7. The summed E-state index contributed by atoms with van der Waals surface area (Å²) < 4.78 is 0. The summed E-state index contributed by atoms with van der Waals surface area (Å²) in [4.78, 5) is 0. The van der Waals surface area contributed by atoms with E-state index in [2.05, 4.69) is 13.8 Å². The fourth-order valence-corrected chi connectivity index (χ4v) is 1.51. The first-order valence-electron chi connectivity index (χ1n) is 5.28. The van der Waals surface area contributed by atoms with Crippen molar-refractivity contribution in [1.29, 1.82) is 0 Å². The molecule has 1 aromatic carbocycles. The number of phenolic OH excluding ortho intramolecular Hbond substituents is 2. The zero-order chi connectivity index (χ0) is 11.4. The number of phenols is 2. The molecule has 0 radical (unpaired) electrons. The molecular formula is C12H20ClNO2. The van der Waals surface area contributed by atoms with Crippen molar-refractivity contribution >= 4 is 12.4 Å². The molecule has 1 rings (SSSR count). The highest BCUT2D eigenvalue weighted by atomic mass is 35.5. The van der Waals surface area contributed by atoms with Crippen LogP contribution in [0.25, 0.3) is 0 Å². The van der Waals surface area contributed by atoms with Crippen LogP contribution in [0.1, 0.15) is 38.3 Å². The minimum Gasteiger partial charge on any atom is -0.508 e. The van der Waals surface area contributed by atoms with E-state index in [1.807, 2.05) is 0 Å².